The molecule has 0 bridgehead atoms. The lowest BCUT2D eigenvalue weighted by atomic mass is 10.1. The summed E-state index contributed by atoms with van der Waals surface area (Å²) in [7, 11) is 0. The van der Waals surface area contributed by atoms with Crippen molar-refractivity contribution < 1.29 is 10.2 Å². The van der Waals surface area contributed by atoms with Gasteiger partial charge in [0.15, 0.2) is 0 Å². The number of hydrogen-bond donors (Lipinski definition) is 3. The van der Waals surface area contributed by atoms with E-state index in [1.165, 1.54) is 11.6 Å². The Bertz CT molecular complexity index is 728. The predicted molar refractivity (Wildman–Crippen MR) is 71.8 cm³/mol. The van der Waals surface area contributed by atoms with Crippen LogP contribution in [-0.4, -0.2) is 15.2 Å². The van der Waals surface area contributed by atoms with Crippen LogP contribution in [0.25, 0.3) is 22.2 Å². The molecule has 0 aliphatic heterocycles. The van der Waals surface area contributed by atoms with Crippen LogP contribution in [-0.2, 0) is 0 Å². The molecule has 2 aromatic carbocycles. The summed E-state index contributed by atoms with van der Waals surface area (Å²) in [5.41, 5.74) is 3.75. The lowest BCUT2D eigenvalue weighted by Gasteiger charge is -2.02. The molecule has 3 heteroatoms. The minimum absolute atomic E-state index is 0.0585. The van der Waals surface area contributed by atoms with Gasteiger partial charge in [0.1, 0.15) is 11.5 Å². The number of aromatic hydroxyl groups is 2. The monoisotopic (exact) mass is 239 g/mol. The van der Waals surface area contributed by atoms with Crippen molar-refractivity contribution in [2.45, 2.75) is 6.92 Å². The van der Waals surface area contributed by atoms with Gasteiger partial charge in [-0.05, 0) is 37.3 Å². The van der Waals surface area contributed by atoms with Gasteiger partial charge >= 0.3 is 0 Å². The number of nitrogens with one attached hydrogen (secondary N) is 1. The summed E-state index contributed by atoms with van der Waals surface area (Å²) < 4.78 is 0. The maximum atomic E-state index is 9.84. The molecule has 0 unspecified atom stereocenters. The minimum atomic E-state index is 0.0585. The molecule has 1 heterocycles. The van der Waals surface area contributed by atoms with Gasteiger partial charge in [-0.3, -0.25) is 0 Å². The molecule has 0 aliphatic rings. The lowest BCUT2D eigenvalue weighted by Crippen LogP contribution is -1.78. The second-order valence-electron chi connectivity index (χ2n) is 4.48. The van der Waals surface area contributed by atoms with E-state index in [2.05, 4.69) is 11.1 Å². The van der Waals surface area contributed by atoms with Crippen molar-refractivity contribution in [3.63, 3.8) is 0 Å². The van der Waals surface area contributed by atoms with Crippen molar-refractivity contribution in [1.29, 1.82) is 0 Å². The van der Waals surface area contributed by atoms with E-state index in [0.717, 1.165) is 16.6 Å². The van der Waals surface area contributed by atoms with Crippen LogP contribution in [0.2, 0.25) is 0 Å². The zero-order valence-electron chi connectivity index (χ0n) is 9.94. The third kappa shape index (κ3) is 1.70. The molecule has 3 rings (SSSR count). The molecule has 0 saturated heterocycles. The molecule has 0 fully saturated rings. The van der Waals surface area contributed by atoms with Crippen LogP contribution in [0.4, 0.5) is 0 Å². The zero-order valence-corrected chi connectivity index (χ0v) is 9.94. The number of fused-ring (bicyclic) bond motifs is 1. The molecule has 18 heavy (non-hydrogen) atoms. The van der Waals surface area contributed by atoms with Gasteiger partial charge in [-0.1, -0.05) is 11.6 Å². The Balaban J connectivity index is 2.19. The van der Waals surface area contributed by atoms with E-state index in [1.807, 2.05) is 25.1 Å². The van der Waals surface area contributed by atoms with Crippen LogP contribution in [0, 0.1) is 6.92 Å². The van der Waals surface area contributed by atoms with Crippen LogP contribution in [0.3, 0.4) is 0 Å². The minimum Gasteiger partial charge on any atom is -0.508 e. The van der Waals surface area contributed by atoms with Crippen molar-refractivity contribution in [3.8, 4) is 22.8 Å². The molecule has 3 aromatic rings. The summed E-state index contributed by atoms with van der Waals surface area (Å²) in [6.07, 6.45) is 0. The largest absolute Gasteiger partial charge is 0.508 e. The molecule has 1 aromatic heterocycles. The maximum absolute atomic E-state index is 9.84. The average Bonchev–Trinajstić information content (AvgIpc) is 2.71. The van der Waals surface area contributed by atoms with Gasteiger partial charge in [0, 0.05) is 22.5 Å². The molecule has 0 aliphatic carbocycles. The highest BCUT2D eigenvalue weighted by atomic mass is 16.3. The number of aromatic nitrogens is 1. The van der Waals surface area contributed by atoms with Crippen molar-refractivity contribution in [1.82, 2.24) is 4.98 Å². The van der Waals surface area contributed by atoms with E-state index >= 15 is 0 Å². The zero-order chi connectivity index (χ0) is 12.7. The number of hydrogen-bond acceptors (Lipinski definition) is 2. The summed E-state index contributed by atoms with van der Waals surface area (Å²) in [4.78, 5) is 3.26. The Morgan fingerprint density at radius 2 is 1.78 bits per heavy atom. The summed E-state index contributed by atoms with van der Waals surface area (Å²) in [6, 6.07) is 12.7. The number of rotatable bonds is 1. The number of phenols is 2. The normalized spacial score (nSPS) is 10.9. The van der Waals surface area contributed by atoms with Crippen LogP contribution < -0.4 is 0 Å². The summed E-state index contributed by atoms with van der Waals surface area (Å²) in [6.45, 7) is 2.05. The number of benzene rings is 2. The Kier molecular flexibility index (Phi) is 2.27. The molecular weight excluding hydrogens is 226 g/mol. The van der Waals surface area contributed by atoms with Crippen molar-refractivity contribution in [2.75, 3.05) is 0 Å². The van der Waals surface area contributed by atoms with Crippen LogP contribution >= 0.6 is 0 Å². The molecule has 0 spiro atoms. The maximum Gasteiger partial charge on any atom is 0.128 e. The highest BCUT2D eigenvalue weighted by Gasteiger charge is 2.08. The molecule has 0 radical (unpaired) electrons. The summed E-state index contributed by atoms with van der Waals surface area (Å²) in [5, 5.41) is 20.2. The van der Waals surface area contributed by atoms with E-state index < -0.39 is 0 Å². The first-order valence-corrected chi connectivity index (χ1v) is 5.75. The number of H-pyrrole nitrogens is 1. The smallest absolute Gasteiger partial charge is 0.128 e. The van der Waals surface area contributed by atoms with Gasteiger partial charge in [-0.15, -0.1) is 0 Å². The van der Waals surface area contributed by atoms with Crippen molar-refractivity contribution >= 4 is 10.9 Å². The van der Waals surface area contributed by atoms with Gasteiger partial charge in [0.2, 0.25) is 0 Å². The average molecular weight is 239 g/mol. The fraction of sp³-hybridized carbons (Fsp3) is 0.0667. The second-order valence-corrected chi connectivity index (χ2v) is 4.48. The molecule has 90 valence electrons. The Morgan fingerprint density at radius 3 is 2.56 bits per heavy atom. The van der Waals surface area contributed by atoms with Crippen molar-refractivity contribution in [2.24, 2.45) is 0 Å². The van der Waals surface area contributed by atoms with Gasteiger partial charge in [0.25, 0.3) is 0 Å². The van der Waals surface area contributed by atoms with Gasteiger partial charge in [-0.25, -0.2) is 0 Å². The molecule has 0 saturated carbocycles. The van der Waals surface area contributed by atoms with Crippen molar-refractivity contribution in [3.05, 3.63) is 48.0 Å². The van der Waals surface area contributed by atoms with E-state index in [4.69, 9.17) is 0 Å². The molecular formula is C15H13NO2. The van der Waals surface area contributed by atoms with Crippen LogP contribution in [0.1, 0.15) is 5.56 Å². The molecule has 3 nitrogen and oxygen atoms in total. The summed E-state index contributed by atoms with van der Waals surface area (Å²) in [5.74, 6) is 0.126. The topological polar surface area (TPSA) is 56.2 Å². The second kappa shape index (κ2) is 3.81. The standard InChI is InChI=1S/C15H13NO2/c1-9-2-5-13-10(6-9)7-14(16-13)12-4-3-11(17)8-15(12)18/h2-8,16-18H,1H3. The Labute approximate surface area is 104 Å². The van der Waals surface area contributed by atoms with Gasteiger partial charge in [0.05, 0.1) is 5.69 Å². The number of phenolic OH excluding ortho intramolecular Hbond substituents is 2. The van der Waals surface area contributed by atoms with Gasteiger partial charge in [-0.2, -0.15) is 0 Å². The van der Waals surface area contributed by atoms with Gasteiger partial charge < -0.3 is 15.2 Å². The third-order valence-electron chi connectivity index (χ3n) is 3.05. The van der Waals surface area contributed by atoms with E-state index in [9.17, 15) is 10.2 Å². The first-order valence-electron chi connectivity index (χ1n) is 5.75. The van der Waals surface area contributed by atoms with E-state index in [0.29, 0.717) is 5.56 Å². The number of aromatic amines is 1. The quantitative estimate of drug-likeness (QED) is 0.608. The lowest BCUT2D eigenvalue weighted by molar-refractivity contribution is 0.452. The van der Waals surface area contributed by atoms with Crippen LogP contribution in [0.5, 0.6) is 11.5 Å². The first kappa shape index (κ1) is 10.7. The SMILES string of the molecule is Cc1ccc2[nH]c(-c3ccc(O)cc3O)cc2c1. The van der Waals surface area contributed by atoms with E-state index in [1.54, 1.807) is 12.1 Å². The number of aryl methyl sites for hydroxylation is 1. The molecule has 3 N–H and O–H groups in total. The fourth-order valence-electron chi connectivity index (χ4n) is 2.14. The third-order valence-corrected chi connectivity index (χ3v) is 3.05. The highest BCUT2D eigenvalue weighted by Crippen LogP contribution is 2.33. The highest BCUT2D eigenvalue weighted by molar-refractivity contribution is 5.87. The van der Waals surface area contributed by atoms with E-state index in [-0.39, 0.29) is 11.5 Å². The van der Waals surface area contributed by atoms with Crippen LogP contribution in [0.15, 0.2) is 42.5 Å². The molecule has 0 amide bonds. The predicted octanol–water partition coefficient (Wildman–Crippen LogP) is 3.55. The Hall–Kier alpha value is -2.42. The summed E-state index contributed by atoms with van der Waals surface area (Å²) >= 11 is 0. The Morgan fingerprint density at radius 1 is 0.944 bits per heavy atom. The first-order chi connectivity index (χ1) is 8.63. The fourth-order valence-corrected chi connectivity index (χ4v) is 2.14. The molecule has 0 atom stereocenters.